The Kier molecular flexibility index (Phi) is 30.1. The van der Waals surface area contributed by atoms with Crippen LogP contribution in [0.4, 0.5) is 0 Å². The molecule has 0 spiro atoms. The molecule has 6 aromatic heterocycles. The molecule has 146 heavy (non-hydrogen) atoms. The van der Waals surface area contributed by atoms with Gasteiger partial charge in [-0.15, -0.1) is 0 Å². The minimum absolute atomic E-state index is 0.408. The third-order valence-corrected chi connectivity index (χ3v) is 26.4. The van der Waals surface area contributed by atoms with Crippen LogP contribution in [-0.2, 0) is 0 Å². The molecule has 0 unspecified atom stereocenters. The summed E-state index contributed by atoms with van der Waals surface area (Å²) in [6, 6.07) is 150. The van der Waals surface area contributed by atoms with E-state index in [2.05, 4.69) is 389 Å². The Bertz CT molecular complexity index is 8650. The van der Waals surface area contributed by atoms with Gasteiger partial charge in [-0.3, -0.25) is 0 Å². The number of hydrogen-bond donors (Lipinski definition) is 0. The number of para-hydroxylation sites is 2. The van der Waals surface area contributed by atoms with Crippen LogP contribution in [0.25, 0.3) is 200 Å². The van der Waals surface area contributed by atoms with Crippen LogP contribution in [0.3, 0.4) is 0 Å². The molecule has 24 aromatic rings. The molecule has 0 aliphatic carbocycles. The van der Waals surface area contributed by atoms with E-state index >= 15 is 0 Å². The van der Waals surface area contributed by atoms with Gasteiger partial charge in [0, 0.05) is 100 Å². The van der Waals surface area contributed by atoms with Gasteiger partial charge in [0.25, 0.3) is 0 Å². The van der Waals surface area contributed by atoms with Gasteiger partial charge in [-0.25, -0.2) is 59.8 Å². The Balaban J connectivity index is 0.000000111. The van der Waals surface area contributed by atoms with Crippen molar-refractivity contribution >= 4 is 87.0 Å². The summed E-state index contributed by atoms with van der Waals surface area (Å²) >= 11 is 0. The van der Waals surface area contributed by atoms with Gasteiger partial charge < -0.3 is 0 Å². The van der Waals surface area contributed by atoms with Crippen LogP contribution >= 0.6 is 0 Å². The summed E-state index contributed by atoms with van der Waals surface area (Å²) < 4.78 is 0. The lowest BCUT2D eigenvalue weighted by atomic mass is 9.96. The summed E-state index contributed by atoms with van der Waals surface area (Å²) in [5.41, 5.74) is 28.5. The van der Waals surface area contributed by atoms with Crippen LogP contribution in [-0.4, -0.2) is 59.8 Å². The van der Waals surface area contributed by atoms with Crippen LogP contribution < -0.4 is 0 Å². The van der Waals surface area contributed by atoms with Crippen molar-refractivity contribution in [3.8, 4) is 113 Å². The summed E-state index contributed by atoms with van der Waals surface area (Å²) in [6.07, 6.45) is 3.81. The topological polar surface area (TPSA) is 155 Å². The SMILES string of the molecule is CC(C)c1ccc2c(-c3cccc4ccccc34)nc(-c3ccccc3)nc2c1.CC(C)c1ccc2c(-c3ccccc3)nc(-c3ccc4ccccc4c3)nc2c1.CC(C)c1ccc2c(-c3ccccc3)nc(-c3ccccc3)nc2c1.CC(C)c1ccc2cnc(-c3ccccc3)nc2c1.CC(C)c1cccc2c(-c3ccccc3)nc(-c3ccccc3)nc12.CC(C)c1cccc2cnc(-c3ccccc3)nc12. The highest BCUT2D eigenvalue weighted by atomic mass is 14.9. The van der Waals surface area contributed by atoms with Crippen molar-refractivity contribution in [2.24, 2.45) is 0 Å². The van der Waals surface area contributed by atoms with Gasteiger partial charge in [0.2, 0.25) is 0 Å². The molecule has 6 heterocycles. The van der Waals surface area contributed by atoms with Gasteiger partial charge in [-0.1, -0.05) is 490 Å². The summed E-state index contributed by atoms with van der Waals surface area (Å²) in [4.78, 5) is 58.0. The number of fused-ring (bicyclic) bond motifs is 8. The van der Waals surface area contributed by atoms with Crippen LogP contribution in [0, 0.1) is 0 Å². The predicted octanol–water partition coefficient (Wildman–Crippen LogP) is 35.5. The molecular formula is C134H116N12. The van der Waals surface area contributed by atoms with E-state index < -0.39 is 0 Å². The van der Waals surface area contributed by atoms with E-state index in [0.29, 0.717) is 35.5 Å². The van der Waals surface area contributed by atoms with E-state index in [1.807, 2.05) is 158 Å². The monoisotopic (exact) mass is 1890 g/mol. The highest BCUT2D eigenvalue weighted by molar-refractivity contribution is 6.05. The molecule has 0 radical (unpaired) electrons. The van der Waals surface area contributed by atoms with Crippen molar-refractivity contribution in [3.63, 3.8) is 0 Å². The quantitative estimate of drug-likeness (QED) is 0.0904. The molecule has 0 saturated heterocycles. The first-order chi connectivity index (χ1) is 71.3. The standard InChI is InChI=1S/2C27H22N2.2C23H20N2.2C17H16N2/c1-18(2)21-15-16-24-25(17-21)28-27(20-10-4-3-5-11-20)29-26(24)23-14-8-12-19-9-6-7-13-22(19)23;1-18(2)21-14-15-24-25(17-21)28-27(29-26(24)20-9-4-3-5-10-20)23-13-12-19-8-6-7-11-22(19)16-23;1-16(2)19-14-9-15-20-21(17-10-5-3-6-11-17)24-23(25-22(19)20)18-12-7-4-8-13-18;1-16(2)19-13-14-20-21(15-19)24-23(18-11-7-4-8-12-18)25-22(20)17-9-5-3-6-10-17;1-12(2)15-10-6-9-14-11-18-17(19-16(14)15)13-7-4-3-5-8-13;1-12(2)14-8-9-15-11-18-17(19-16(15)10-14)13-6-4-3-5-7-13/h2*3-18H,1-2H3;2*3-16H,1-2H3;2*3-12H,1-2H3. The zero-order valence-electron chi connectivity index (χ0n) is 84.6. The maximum Gasteiger partial charge on any atom is 0.160 e. The number of nitrogens with zero attached hydrogens (tertiary/aromatic N) is 12. The molecule has 0 aliphatic heterocycles. The number of benzene rings is 18. The first-order valence-corrected chi connectivity index (χ1v) is 50.5. The second-order valence-corrected chi connectivity index (χ2v) is 38.6. The number of rotatable bonds is 16. The van der Waals surface area contributed by atoms with Gasteiger partial charge >= 0.3 is 0 Å². The number of aromatic nitrogens is 12. The van der Waals surface area contributed by atoms with Gasteiger partial charge in [0.05, 0.1) is 55.9 Å². The Morgan fingerprint density at radius 1 is 0.158 bits per heavy atom. The largest absolute Gasteiger partial charge is 0.236 e. The third-order valence-electron chi connectivity index (χ3n) is 26.4. The van der Waals surface area contributed by atoms with E-state index in [0.717, 1.165) is 179 Å². The lowest BCUT2D eigenvalue weighted by Gasteiger charge is -2.14. The van der Waals surface area contributed by atoms with Crippen LogP contribution in [0.15, 0.2) is 449 Å². The van der Waals surface area contributed by atoms with Gasteiger partial charge in [-0.05, 0) is 121 Å². The molecule has 0 aliphatic rings. The molecule has 712 valence electrons. The van der Waals surface area contributed by atoms with Crippen molar-refractivity contribution < 1.29 is 0 Å². The summed E-state index contributed by atoms with van der Waals surface area (Å²) in [5, 5.41) is 11.4. The van der Waals surface area contributed by atoms with Crippen LogP contribution in [0.5, 0.6) is 0 Å². The van der Waals surface area contributed by atoms with E-state index in [9.17, 15) is 0 Å². The zero-order chi connectivity index (χ0) is 101. The molecule has 0 amide bonds. The summed E-state index contributed by atoms with van der Waals surface area (Å²) in [7, 11) is 0. The van der Waals surface area contributed by atoms with E-state index in [1.165, 1.54) is 54.9 Å². The third kappa shape index (κ3) is 22.5. The Hall–Kier alpha value is -17.5. The molecule has 0 N–H and O–H groups in total. The Morgan fingerprint density at radius 2 is 0.452 bits per heavy atom. The molecule has 24 rings (SSSR count). The fourth-order valence-electron chi connectivity index (χ4n) is 18.2. The lowest BCUT2D eigenvalue weighted by Crippen LogP contribution is -1.99. The molecule has 0 fully saturated rings. The van der Waals surface area contributed by atoms with Crippen LogP contribution in [0.1, 0.15) is 152 Å². The molecule has 12 nitrogen and oxygen atoms in total. The Morgan fingerprint density at radius 3 is 0.897 bits per heavy atom. The second-order valence-electron chi connectivity index (χ2n) is 38.6. The van der Waals surface area contributed by atoms with E-state index in [4.69, 9.17) is 44.9 Å². The average Bonchev–Trinajstić information content (AvgIpc) is 0.764. The minimum Gasteiger partial charge on any atom is -0.236 e. The zero-order valence-corrected chi connectivity index (χ0v) is 84.6. The van der Waals surface area contributed by atoms with Gasteiger partial charge in [0.1, 0.15) is 0 Å². The van der Waals surface area contributed by atoms with Crippen molar-refractivity contribution in [1.82, 2.24) is 59.8 Å². The Labute approximate surface area is 855 Å². The molecule has 0 bridgehead atoms. The van der Waals surface area contributed by atoms with Crippen molar-refractivity contribution in [2.45, 2.75) is 119 Å². The fourth-order valence-corrected chi connectivity index (χ4v) is 18.2. The highest BCUT2D eigenvalue weighted by Crippen LogP contribution is 2.41. The first kappa shape index (κ1) is 97.3. The minimum atomic E-state index is 0.408. The van der Waals surface area contributed by atoms with Crippen molar-refractivity contribution in [2.75, 3.05) is 0 Å². The van der Waals surface area contributed by atoms with E-state index in [-0.39, 0.29) is 0 Å². The molecule has 0 atom stereocenters. The summed E-state index contributed by atoms with van der Waals surface area (Å²) in [5.74, 6) is 7.43. The van der Waals surface area contributed by atoms with Crippen molar-refractivity contribution in [1.29, 1.82) is 0 Å². The number of hydrogen-bond acceptors (Lipinski definition) is 12. The molecule has 18 aromatic carbocycles. The van der Waals surface area contributed by atoms with Crippen molar-refractivity contribution in [3.05, 3.63) is 483 Å². The van der Waals surface area contributed by atoms with Gasteiger partial charge in [0.15, 0.2) is 34.9 Å². The van der Waals surface area contributed by atoms with Gasteiger partial charge in [-0.2, -0.15) is 0 Å². The normalized spacial score (nSPS) is 11.2. The van der Waals surface area contributed by atoms with E-state index in [1.54, 1.807) is 0 Å². The first-order valence-electron chi connectivity index (χ1n) is 50.5. The maximum atomic E-state index is 5.05. The maximum absolute atomic E-state index is 5.05. The fraction of sp³-hybridized carbons (Fsp3) is 0.134. The smallest absolute Gasteiger partial charge is 0.160 e. The highest BCUT2D eigenvalue weighted by Gasteiger charge is 2.22. The summed E-state index contributed by atoms with van der Waals surface area (Å²) in [6.45, 7) is 26.5. The predicted molar refractivity (Wildman–Crippen MR) is 611 cm³/mol. The lowest BCUT2D eigenvalue weighted by molar-refractivity contribution is 0.868. The van der Waals surface area contributed by atoms with Crippen LogP contribution in [0.2, 0.25) is 0 Å². The molecule has 0 saturated carbocycles. The molecular weight excluding hydrogens is 1780 g/mol. The molecule has 12 heteroatoms. The second kappa shape index (κ2) is 45.2. The average molecular weight is 1890 g/mol.